The summed E-state index contributed by atoms with van der Waals surface area (Å²) in [5, 5.41) is 21.9. The molecule has 0 saturated heterocycles. The molecule has 1 aliphatic rings. The third kappa shape index (κ3) is 4.91. The number of aromatic nitrogens is 1. The molecule has 1 heterocycles. The van der Waals surface area contributed by atoms with E-state index in [4.69, 9.17) is 4.98 Å². The number of ether oxygens (including phenoxy) is 1. The highest BCUT2D eigenvalue weighted by molar-refractivity contribution is 14.1. The van der Waals surface area contributed by atoms with Gasteiger partial charge in [0.2, 0.25) is 0 Å². The predicted octanol–water partition coefficient (Wildman–Crippen LogP) is 5.80. The summed E-state index contributed by atoms with van der Waals surface area (Å²) in [6, 6.07) is 5.17. The predicted molar refractivity (Wildman–Crippen MR) is 115 cm³/mol. The quantitative estimate of drug-likeness (QED) is 0.487. The molecule has 2 aromatic rings. The van der Waals surface area contributed by atoms with Crippen LogP contribution in [0.4, 0.5) is 13.2 Å². The van der Waals surface area contributed by atoms with Crippen LogP contribution in [-0.2, 0) is 6.42 Å². The van der Waals surface area contributed by atoms with Gasteiger partial charge in [0.25, 0.3) is 0 Å². The third-order valence-corrected chi connectivity index (χ3v) is 6.45. The number of nitrogens with zero attached hydrogens (tertiary/aromatic N) is 1. The second kappa shape index (κ2) is 8.27. The van der Waals surface area contributed by atoms with Gasteiger partial charge in [-0.2, -0.15) is 0 Å². The smallest absolute Gasteiger partial charge is 0.406 e. The molecule has 0 radical (unpaired) electrons. The maximum absolute atomic E-state index is 12.4. The lowest BCUT2D eigenvalue weighted by Crippen LogP contribution is -2.29. The lowest BCUT2D eigenvalue weighted by molar-refractivity contribution is -0.274. The molecule has 8 heteroatoms. The fraction of sp³-hybridized carbons (Fsp3) is 0.500. The number of hydrogen-bond donors (Lipinski definition) is 2. The molecule has 3 rings (SSSR count). The van der Waals surface area contributed by atoms with E-state index in [1.807, 2.05) is 13.8 Å². The molecular formula is C22H25F3INO3. The van der Waals surface area contributed by atoms with E-state index in [-0.39, 0.29) is 17.1 Å². The summed E-state index contributed by atoms with van der Waals surface area (Å²) >= 11 is 2.14. The van der Waals surface area contributed by atoms with Crippen molar-refractivity contribution in [3.8, 4) is 5.75 Å². The van der Waals surface area contributed by atoms with Gasteiger partial charge in [0, 0.05) is 20.4 Å². The van der Waals surface area contributed by atoms with Crippen LogP contribution in [-0.4, -0.2) is 21.6 Å². The molecule has 4 nitrogen and oxygen atoms in total. The van der Waals surface area contributed by atoms with Crippen molar-refractivity contribution in [1.29, 1.82) is 0 Å². The Balaban J connectivity index is 2.06. The Morgan fingerprint density at radius 1 is 1.20 bits per heavy atom. The summed E-state index contributed by atoms with van der Waals surface area (Å²) in [5.74, 6) is -0.332. The Morgan fingerprint density at radius 3 is 2.33 bits per heavy atom. The van der Waals surface area contributed by atoms with Crippen LogP contribution in [0.15, 0.2) is 24.3 Å². The first-order chi connectivity index (χ1) is 13.8. The zero-order valence-electron chi connectivity index (χ0n) is 17.2. The van der Waals surface area contributed by atoms with Gasteiger partial charge in [-0.3, -0.25) is 4.98 Å². The number of rotatable bonds is 4. The SMILES string of the molecule is CC(C)c1nc2c(c(I)c1[C@H](O)c1ccc(OC(F)(F)F)cc1)C(O)CC(C)(C)C2. The first kappa shape index (κ1) is 23.3. The first-order valence-electron chi connectivity index (χ1n) is 9.73. The summed E-state index contributed by atoms with van der Waals surface area (Å²) in [4.78, 5) is 4.83. The van der Waals surface area contributed by atoms with Gasteiger partial charge in [-0.25, -0.2) is 0 Å². The van der Waals surface area contributed by atoms with Gasteiger partial charge < -0.3 is 14.9 Å². The minimum absolute atomic E-state index is 0.0171. The van der Waals surface area contributed by atoms with Crippen molar-refractivity contribution in [2.75, 3.05) is 0 Å². The fourth-order valence-corrected chi connectivity index (χ4v) is 5.24. The molecular weight excluding hydrogens is 510 g/mol. The standard InChI is InChI=1S/C22H25F3INO3/c1-11(2)19-17(18(26)16-14(27-19)9-21(3,4)10-15(16)28)20(29)12-5-7-13(8-6-12)30-22(23,24)25/h5-8,11,15,20,28-29H,9-10H2,1-4H3/t15?,20-/m1/s1. The topological polar surface area (TPSA) is 62.6 Å². The summed E-state index contributed by atoms with van der Waals surface area (Å²) in [5.41, 5.74) is 3.25. The largest absolute Gasteiger partial charge is 0.573 e. The number of aliphatic hydroxyl groups is 2. The second-order valence-corrected chi connectivity index (χ2v) is 9.90. The maximum atomic E-state index is 12.4. The van der Waals surface area contributed by atoms with Gasteiger partial charge in [0.1, 0.15) is 11.9 Å². The maximum Gasteiger partial charge on any atom is 0.573 e. The number of pyridine rings is 1. The van der Waals surface area contributed by atoms with E-state index < -0.39 is 18.6 Å². The molecule has 164 valence electrons. The highest BCUT2D eigenvalue weighted by atomic mass is 127. The van der Waals surface area contributed by atoms with E-state index in [2.05, 4.69) is 41.2 Å². The average molecular weight is 535 g/mol. The lowest BCUT2D eigenvalue weighted by Gasteiger charge is -2.36. The molecule has 0 spiro atoms. The van der Waals surface area contributed by atoms with Crippen molar-refractivity contribution in [1.82, 2.24) is 4.98 Å². The van der Waals surface area contributed by atoms with Gasteiger partial charge in [0.05, 0.1) is 11.8 Å². The number of fused-ring (bicyclic) bond motifs is 1. The van der Waals surface area contributed by atoms with E-state index >= 15 is 0 Å². The second-order valence-electron chi connectivity index (χ2n) is 8.82. The molecule has 2 N–H and O–H groups in total. The summed E-state index contributed by atoms with van der Waals surface area (Å²) in [6.07, 6.45) is -5.22. The Morgan fingerprint density at radius 2 is 1.80 bits per heavy atom. The minimum Gasteiger partial charge on any atom is -0.406 e. The Labute approximate surface area is 187 Å². The Hall–Kier alpha value is -1.39. The van der Waals surface area contributed by atoms with E-state index in [0.29, 0.717) is 17.5 Å². The van der Waals surface area contributed by atoms with Crippen LogP contribution in [0, 0.1) is 8.99 Å². The fourth-order valence-electron chi connectivity index (χ4n) is 3.99. The zero-order valence-corrected chi connectivity index (χ0v) is 19.4. The van der Waals surface area contributed by atoms with Crippen LogP contribution < -0.4 is 4.74 Å². The van der Waals surface area contributed by atoms with Gasteiger partial charge >= 0.3 is 6.36 Å². The first-order valence-corrected chi connectivity index (χ1v) is 10.8. The van der Waals surface area contributed by atoms with Crippen LogP contribution in [0.25, 0.3) is 0 Å². The van der Waals surface area contributed by atoms with Crippen molar-refractivity contribution in [2.45, 2.75) is 65.0 Å². The molecule has 30 heavy (non-hydrogen) atoms. The average Bonchev–Trinajstić information content (AvgIpc) is 2.58. The molecule has 0 bridgehead atoms. The highest BCUT2D eigenvalue weighted by Gasteiger charge is 2.37. The number of benzene rings is 1. The molecule has 0 saturated carbocycles. The normalized spacial score (nSPS) is 19.5. The van der Waals surface area contributed by atoms with Crippen LogP contribution in [0.2, 0.25) is 0 Å². The van der Waals surface area contributed by atoms with Gasteiger partial charge in [-0.05, 0) is 64.5 Å². The molecule has 2 atom stereocenters. The number of alkyl halides is 3. The number of halogens is 4. The lowest BCUT2D eigenvalue weighted by atomic mass is 9.74. The monoisotopic (exact) mass is 535 g/mol. The van der Waals surface area contributed by atoms with Crippen molar-refractivity contribution < 1.29 is 28.1 Å². The highest BCUT2D eigenvalue weighted by Crippen LogP contribution is 2.45. The van der Waals surface area contributed by atoms with Crippen molar-refractivity contribution in [2.24, 2.45) is 5.41 Å². The van der Waals surface area contributed by atoms with E-state index in [0.717, 1.165) is 26.9 Å². The number of aliphatic hydroxyl groups excluding tert-OH is 2. The summed E-state index contributed by atoms with van der Waals surface area (Å²) < 4.78 is 41.9. The van der Waals surface area contributed by atoms with Crippen LogP contribution >= 0.6 is 22.6 Å². The van der Waals surface area contributed by atoms with Gasteiger partial charge in [-0.1, -0.05) is 39.8 Å². The molecule has 0 fully saturated rings. The Bertz CT molecular complexity index is 927. The van der Waals surface area contributed by atoms with Crippen LogP contribution in [0.3, 0.4) is 0 Å². The van der Waals surface area contributed by atoms with Gasteiger partial charge in [-0.15, -0.1) is 13.2 Å². The number of hydrogen-bond acceptors (Lipinski definition) is 4. The van der Waals surface area contributed by atoms with E-state index in [1.54, 1.807) is 0 Å². The molecule has 0 amide bonds. The molecule has 1 aromatic carbocycles. The Kier molecular flexibility index (Phi) is 6.42. The molecule has 0 aliphatic heterocycles. The summed E-state index contributed by atoms with van der Waals surface area (Å²) in [6.45, 7) is 8.14. The van der Waals surface area contributed by atoms with Crippen molar-refractivity contribution in [3.63, 3.8) is 0 Å². The minimum atomic E-state index is -4.77. The van der Waals surface area contributed by atoms with E-state index in [9.17, 15) is 23.4 Å². The zero-order chi connectivity index (χ0) is 22.4. The third-order valence-electron chi connectivity index (χ3n) is 5.29. The molecule has 1 aliphatic carbocycles. The van der Waals surface area contributed by atoms with Crippen molar-refractivity contribution >= 4 is 22.6 Å². The molecule has 1 unspecified atom stereocenters. The van der Waals surface area contributed by atoms with E-state index in [1.165, 1.54) is 24.3 Å². The van der Waals surface area contributed by atoms with Crippen molar-refractivity contribution in [3.05, 3.63) is 55.9 Å². The molecule has 1 aromatic heterocycles. The van der Waals surface area contributed by atoms with Crippen LogP contribution in [0.5, 0.6) is 5.75 Å². The van der Waals surface area contributed by atoms with Gasteiger partial charge in [0.15, 0.2) is 0 Å². The summed E-state index contributed by atoms with van der Waals surface area (Å²) in [7, 11) is 0. The van der Waals surface area contributed by atoms with Crippen LogP contribution in [0.1, 0.15) is 80.3 Å².